The molecule has 4 rings (SSSR count). The van der Waals surface area contributed by atoms with Crippen LogP contribution in [0.1, 0.15) is 38.2 Å². The van der Waals surface area contributed by atoms with Crippen molar-refractivity contribution in [3.05, 3.63) is 48.0 Å². The predicted octanol–water partition coefficient (Wildman–Crippen LogP) is 5.47. The fourth-order valence-corrected chi connectivity index (χ4v) is 4.82. The molecule has 1 aromatic heterocycles. The van der Waals surface area contributed by atoms with E-state index in [1.165, 1.54) is 35.9 Å². The van der Waals surface area contributed by atoms with E-state index in [0.717, 1.165) is 34.9 Å². The zero-order valence-corrected chi connectivity index (χ0v) is 17.4. The highest BCUT2D eigenvalue weighted by molar-refractivity contribution is 7.21. The Hall–Kier alpha value is -2.24. The molecule has 28 heavy (non-hydrogen) atoms. The molecule has 0 saturated carbocycles. The number of carbonyl (C=O) groups is 1. The molecule has 146 valence electrons. The number of aromatic nitrogens is 1. The number of thiazole rings is 1. The molecule has 0 aliphatic carbocycles. The van der Waals surface area contributed by atoms with E-state index in [4.69, 9.17) is 4.98 Å². The third-order valence-corrected chi connectivity index (χ3v) is 6.58. The van der Waals surface area contributed by atoms with Gasteiger partial charge in [0.05, 0.1) is 16.3 Å². The zero-order chi connectivity index (χ0) is 19.5. The standard InChI is InChI=1S/C23H27N3OS/c1-16-7-12-20-21(15-16)28-23(25-20)18-8-10-19(11-9-18)24-22(27)17(2)26-13-5-3-4-6-14-26/h7-12,15,17H,3-6,13-14H2,1-2H3,(H,24,27). The van der Waals surface area contributed by atoms with Crippen LogP contribution in [0.3, 0.4) is 0 Å². The molecule has 2 heterocycles. The molecule has 1 atom stereocenters. The minimum absolute atomic E-state index is 0.0742. The highest BCUT2D eigenvalue weighted by Gasteiger charge is 2.22. The molecule has 0 radical (unpaired) electrons. The number of nitrogens with zero attached hydrogens (tertiary/aromatic N) is 2. The lowest BCUT2D eigenvalue weighted by Crippen LogP contribution is -2.42. The van der Waals surface area contributed by atoms with E-state index in [-0.39, 0.29) is 11.9 Å². The third-order valence-electron chi connectivity index (χ3n) is 5.51. The number of nitrogens with one attached hydrogen (secondary N) is 1. The Morgan fingerprint density at radius 1 is 1.07 bits per heavy atom. The van der Waals surface area contributed by atoms with Crippen LogP contribution in [0.2, 0.25) is 0 Å². The van der Waals surface area contributed by atoms with Gasteiger partial charge in [-0.15, -0.1) is 11.3 Å². The number of rotatable bonds is 4. The quantitative estimate of drug-likeness (QED) is 0.639. The highest BCUT2D eigenvalue weighted by Crippen LogP contribution is 2.31. The first-order chi connectivity index (χ1) is 13.6. The largest absolute Gasteiger partial charge is 0.325 e. The molecule has 2 aromatic carbocycles. The maximum Gasteiger partial charge on any atom is 0.241 e. The Morgan fingerprint density at radius 3 is 2.50 bits per heavy atom. The average Bonchev–Trinajstić information content (AvgIpc) is 2.93. The number of aryl methyl sites for hydroxylation is 1. The Kier molecular flexibility index (Phi) is 5.74. The number of anilines is 1. The molecule has 1 fully saturated rings. The molecule has 5 heteroatoms. The van der Waals surface area contributed by atoms with Gasteiger partial charge in [-0.3, -0.25) is 9.69 Å². The van der Waals surface area contributed by atoms with Crippen LogP contribution < -0.4 is 5.32 Å². The fourth-order valence-electron chi connectivity index (χ4n) is 3.75. The Balaban J connectivity index is 1.44. The summed E-state index contributed by atoms with van der Waals surface area (Å²) >= 11 is 1.70. The summed E-state index contributed by atoms with van der Waals surface area (Å²) in [5, 5.41) is 4.09. The van der Waals surface area contributed by atoms with Crippen LogP contribution in [0.4, 0.5) is 5.69 Å². The van der Waals surface area contributed by atoms with Gasteiger partial charge in [0.2, 0.25) is 5.91 Å². The number of carbonyl (C=O) groups excluding carboxylic acids is 1. The molecule has 3 aromatic rings. The van der Waals surface area contributed by atoms with Crippen LogP contribution in [0.5, 0.6) is 0 Å². The van der Waals surface area contributed by atoms with Crippen LogP contribution in [0.15, 0.2) is 42.5 Å². The number of amides is 1. The van der Waals surface area contributed by atoms with E-state index in [1.54, 1.807) is 11.3 Å². The normalized spacial score (nSPS) is 16.6. The summed E-state index contributed by atoms with van der Waals surface area (Å²) in [5.41, 5.74) is 4.21. The molecule has 1 aliphatic rings. The molecule has 1 unspecified atom stereocenters. The van der Waals surface area contributed by atoms with E-state index >= 15 is 0 Å². The van der Waals surface area contributed by atoms with Gasteiger partial charge >= 0.3 is 0 Å². The predicted molar refractivity (Wildman–Crippen MR) is 118 cm³/mol. The van der Waals surface area contributed by atoms with Crippen molar-refractivity contribution < 1.29 is 4.79 Å². The first-order valence-corrected chi connectivity index (χ1v) is 10.9. The fraction of sp³-hybridized carbons (Fsp3) is 0.391. The maximum absolute atomic E-state index is 12.7. The average molecular weight is 394 g/mol. The molecular weight excluding hydrogens is 366 g/mol. The van der Waals surface area contributed by atoms with Crippen molar-refractivity contribution in [3.63, 3.8) is 0 Å². The van der Waals surface area contributed by atoms with E-state index in [9.17, 15) is 4.79 Å². The highest BCUT2D eigenvalue weighted by atomic mass is 32.1. The van der Waals surface area contributed by atoms with Crippen LogP contribution in [0, 0.1) is 6.92 Å². The molecular formula is C23H27N3OS. The Morgan fingerprint density at radius 2 is 1.79 bits per heavy atom. The monoisotopic (exact) mass is 393 g/mol. The lowest BCUT2D eigenvalue weighted by molar-refractivity contribution is -0.120. The second-order valence-corrected chi connectivity index (χ2v) is 8.71. The molecule has 1 N–H and O–H groups in total. The van der Waals surface area contributed by atoms with Gasteiger partial charge in [0.25, 0.3) is 0 Å². The van der Waals surface area contributed by atoms with Crippen LogP contribution in [0.25, 0.3) is 20.8 Å². The summed E-state index contributed by atoms with van der Waals surface area (Å²) in [7, 11) is 0. The first-order valence-electron chi connectivity index (χ1n) is 10.1. The summed E-state index contributed by atoms with van der Waals surface area (Å²) in [4.78, 5) is 19.7. The van der Waals surface area contributed by atoms with Gasteiger partial charge in [0.15, 0.2) is 0 Å². The van der Waals surface area contributed by atoms with E-state index in [0.29, 0.717) is 0 Å². The van der Waals surface area contributed by atoms with Crippen molar-refractivity contribution >= 4 is 33.1 Å². The van der Waals surface area contributed by atoms with Crippen LogP contribution in [-0.2, 0) is 4.79 Å². The van der Waals surface area contributed by atoms with Gasteiger partial charge in [-0.2, -0.15) is 0 Å². The topological polar surface area (TPSA) is 45.2 Å². The molecule has 1 saturated heterocycles. The lowest BCUT2D eigenvalue weighted by Gasteiger charge is -2.26. The van der Waals surface area contributed by atoms with Gasteiger partial charge in [-0.1, -0.05) is 18.9 Å². The SMILES string of the molecule is Cc1ccc2nc(-c3ccc(NC(=O)C(C)N4CCCCCC4)cc3)sc2c1. The van der Waals surface area contributed by atoms with Gasteiger partial charge in [0.1, 0.15) is 5.01 Å². The first kappa shape index (κ1) is 19.1. The van der Waals surface area contributed by atoms with E-state index < -0.39 is 0 Å². The van der Waals surface area contributed by atoms with Gasteiger partial charge in [-0.05, 0) is 81.7 Å². The minimum Gasteiger partial charge on any atom is -0.325 e. The van der Waals surface area contributed by atoms with Gasteiger partial charge in [0, 0.05) is 11.3 Å². The molecule has 0 spiro atoms. The van der Waals surface area contributed by atoms with Crippen molar-refractivity contribution in [1.29, 1.82) is 0 Å². The Labute approximate surface area is 170 Å². The molecule has 0 bridgehead atoms. The van der Waals surface area contributed by atoms with Crippen molar-refractivity contribution in [3.8, 4) is 10.6 Å². The summed E-state index contributed by atoms with van der Waals surface area (Å²) in [6, 6.07) is 14.3. The van der Waals surface area contributed by atoms with Crippen LogP contribution >= 0.6 is 11.3 Å². The van der Waals surface area contributed by atoms with Crippen molar-refractivity contribution in [2.45, 2.75) is 45.6 Å². The van der Waals surface area contributed by atoms with E-state index in [2.05, 4.69) is 35.3 Å². The van der Waals surface area contributed by atoms with Crippen molar-refractivity contribution in [2.24, 2.45) is 0 Å². The second-order valence-electron chi connectivity index (χ2n) is 7.68. The molecule has 1 amide bonds. The summed E-state index contributed by atoms with van der Waals surface area (Å²) in [6.45, 7) is 6.15. The lowest BCUT2D eigenvalue weighted by atomic mass is 10.2. The molecule has 4 nitrogen and oxygen atoms in total. The maximum atomic E-state index is 12.7. The van der Waals surface area contributed by atoms with Crippen molar-refractivity contribution in [1.82, 2.24) is 9.88 Å². The summed E-state index contributed by atoms with van der Waals surface area (Å²) in [6.07, 6.45) is 4.93. The zero-order valence-electron chi connectivity index (χ0n) is 16.6. The van der Waals surface area contributed by atoms with Crippen LogP contribution in [-0.4, -0.2) is 34.9 Å². The smallest absolute Gasteiger partial charge is 0.241 e. The van der Waals surface area contributed by atoms with Gasteiger partial charge < -0.3 is 5.32 Å². The summed E-state index contributed by atoms with van der Waals surface area (Å²) in [5.74, 6) is 0.0742. The number of likely N-dealkylation sites (tertiary alicyclic amines) is 1. The van der Waals surface area contributed by atoms with E-state index in [1.807, 2.05) is 31.2 Å². The van der Waals surface area contributed by atoms with Gasteiger partial charge in [-0.25, -0.2) is 4.98 Å². The number of hydrogen-bond acceptors (Lipinski definition) is 4. The number of benzene rings is 2. The number of fused-ring (bicyclic) bond motifs is 1. The Bertz CT molecular complexity index is 956. The third kappa shape index (κ3) is 4.26. The number of hydrogen-bond donors (Lipinski definition) is 1. The second kappa shape index (κ2) is 8.41. The minimum atomic E-state index is -0.0923. The molecule has 1 aliphatic heterocycles. The van der Waals surface area contributed by atoms with Crippen molar-refractivity contribution in [2.75, 3.05) is 18.4 Å². The summed E-state index contributed by atoms with van der Waals surface area (Å²) < 4.78 is 1.21.